The Morgan fingerprint density at radius 2 is 1.62 bits per heavy atom. The number of hydrogen-bond acceptors (Lipinski definition) is 2. The zero-order valence-corrected chi connectivity index (χ0v) is 10.6. The lowest BCUT2D eigenvalue weighted by Gasteiger charge is -2.09. The highest BCUT2D eigenvalue weighted by molar-refractivity contribution is 5.90. The van der Waals surface area contributed by atoms with Gasteiger partial charge >= 0.3 is 12.2 Å². The van der Waals surface area contributed by atoms with Gasteiger partial charge in [-0.15, -0.1) is 0 Å². The van der Waals surface area contributed by atoms with E-state index in [4.69, 9.17) is 5.73 Å². The van der Waals surface area contributed by atoms with Crippen molar-refractivity contribution in [3.8, 4) is 16.9 Å². The minimum Gasteiger partial charge on any atom is -0.506 e. The van der Waals surface area contributed by atoms with Crippen molar-refractivity contribution in [3.05, 3.63) is 48.0 Å². The van der Waals surface area contributed by atoms with Crippen molar-refractivity contribution < 1.29 is 23.1 Å². The number of benzene rings is 2. The fourth-order valence-corrected chi connectivity index (χ4v) is 1.80. The third kappa shape index (κ3) is 3.44. The largest absolute Gasteiger partial charge is 0.506 e. The molecule has 0 radical (unpaired) electrons. The summed E-state index contributed by atoms with van der Waals surface area (Å²) in [6.45, 7) is 0. The van der Waals surface area contributed by atoms with Crippen LogP contribution in [0.5, 0.6) is 5.75 Å². The number of aromatic hydroxyl groups is 1. The maximum atomic E-state index is 12.5. The summed E-state index contributed by atoms with van der Waals surface area (Å²) in [4.78, 5) is 10.7. The van der Waals surface area contributed by atoms with Crippen molar-refractivity contribution in [2.75, 3.05) is 5.32 Å². The number of amides is 2. The summed E-state index contributed by atoms with van der Waals surface area (Å²) in [5.41, 5.74) is 5.32. The Bertz CT molecular complexity index is 667. The van der Waals surface area contributed by atoms with Crippen LogP contribution in [0.25, 0.3) is 11.1 Å². The summed E-state index contributed by atoms with van der Waals surface area (Å²) in [5.74, 6) is -0.230. The normalized spacial score (nSPS) is 11.2. The molecule has 4 nitrogen and oxygen atoms in total. The number of nitrogens with two attached hydrogens (primary N) is 1. The van der Waals surface area contributed by atoms with Crippen LogP contribution in [0.3, 0.4) is 0 Å². The van der Waals surface area contributed by atoms with Crippen LogP contribution in [0.1, 0.15) is 5.56 Å². The molecule has 2 aromatic rings. The zero-order valence-electron chi connectivity index (χ0n) is 10.6. The molecule has 0 heterocycles. The smallest absolute Gasteiger partial charge is 0.416 e. The van der Waals surface area contributed by atoms with E-state index in [9.17, 15) is 23.1 Å². The van der Waals surface area contributed by atoms with Crippen molar-refractivity contribution in [1.29, 1.82) is 0 Å². The summed E-state index contributed by atoms with van der Waals surface area (Å²) in [6, 6.07) is 7.99. The molecule has 4 N–H and O–H groups in total. The van der Waals surface area contributed by atoms with Gasteiger partial charge in [0.25, 0.3) is 0 Å². The molecule has 0 bridgehead atoms. The Balaban J connectivity index is 2.30. The van der Waals surface area contributed by atoms with Gasteiger partial charge in [-0.3, -0.25) is 0 Å². The maximum absolute atomic E-state index is 12.5. The molecule has 110 valence electrons. The van der Waals surface area contributed by atoms with Crippen molar-refractivity contribution >= 4 is 11.7 Å². The van der Waals surface area contributed by atoms with E-state index in [0.29, 0.717) is 11.1 Å². The van der Waals surface area contributed by atoms with E-state index < -0.39 is 17.8 Å². The van der Waals surface area contributed by atoms with Crippen LogP contribution in [0.15, 0.2) is 42.5 Å². The van der Waals surface area contributed by atoms with Crippen molar-refractivity contribution in [1.82, 2.24) is 0 Å². The lowest BCUT2D eigenvalue weighted by atomic mass is 10.0. The average molecular weight is 296 g/mol. The molecule has 2 rings (SSSR count). The number of carbonyl (C=O) groups excluding carboxylic acids is 1. The number of primary amides is 1. The zero-order chi connectivity index (χ0) is 15.6. The van der Waals surface area contributed by atoms with E-state index in [0.717, 1.165) is 12.1 Å². The summed E-state index contributed by atoms with van der Waals surface area (Å²) < 4.78 is 37.4. The van der Waals surface area contributed by atoms with Crippen LogP contribution in [-0.2, 0) is 6.18 Å². The Labute approximate surface area is 118 Å². The third-order valence-corrected chi connectivity index (χ3v) is 2.80. The van der Waals surface area contributed by atoms with Gasteiger partial charge in [0, 0.05) is 0 Å². The SMILES string of the molecule is NC(=O)Nc1ccc(-c2ccc(C(F)(F)F)cc2)cc1O. The Kier molecular flexibility index (Phi) is 3.75. The van der Waals surface area contributed by atoms with Gasteiger partial charge in [0.05, 0.1) is 11.3 Å². The molecule has 0 aliphatic heterocycles. The topological polar surface area (TPSA) is 75.4 Å². The molecule has 0 aliphatic rings. The van der Waals surface area contributed by atoms with Crippen LogP contribution < -0.4 is 11.1 Å². The number of phenolic OH excluding ortho intramolecular Hbond substituents is 1. The Morgan fingerprint density at radius 1 is 1.05 bits per heavy atom. The molecular weight excluding hydrogens is 285 g/mol. The van der Waals surface area contributed by atoms with Crippen LogP contribution in [-0.4, -0.2) is 11.1 Å². The predicted molar refractivity (Wildman–Crippen MR) is 71.8 cm³/mol. The van der Waals surface area contributed by atoms with E-state index >= 15 is 0 Å². The highest BCUT2D eigenvalue weighted by atomic mass is 19.4. The molecule has 0 aromatic heterocycles. The lowest BCUT2D eigenvalue weighted by Crippen LogP contribution is -2.19. The summed E-state index contributed by atoms with van der Waals surface area (Å²) in [7, 11) is 0. The van der Waals surface area contributed by atoms with Crippen molar-refractivity contribution in [2.45, 2.75) is 6.18 Å². The molecule has 7 heteroatoms. The molecule has 0 saturated carbocycles. The number of alkyl halides is 3. The van der Waals surface area contributed by atoms with E-state index in [1.54, 1.807) is 6.07 Å². The van der Waals surface area contributed by atoms with Crippen LogP contribution in [0, 0.1) is 0 Å². The molecule has 2 aromatic carbocycles. The first-order valence-corrected chi connectivity index (χ1v) is 5.84. The first-order chi connectivity index (χ1) is 9.77. The van der Waals surface area contributed by atoms with Gasteiger partial charge in [-0.05, 0) is 35.4 Å². The molecule has 0 spiro atoms. The minimum absolute atomic E-state index is 0.123. The highest BCUT2D eigenvalue weighted by Crippen LogP contribution is 2.33. The minimum atomic E-state index is -4.39. The molecule has 0 fully saturated rings. The summed E-state index contributed by atoms with van der Waals surface area (Å²) in [5, 5.41) is 12.0. The molecule has 2 amide bonds. The van der Waals surface area contributed by atoms with E-state index in [1.807, 2.05) is 0 Å². The van der Waals surface area contributed by atoms with Crippen LogP contribution in [0.4, 0.5) is 23.7 Å². The monoisotopic (exact) mass is 296 g/mol. The first kappa shape index (κ1) is 14.7. The third-order valence-electron chi connectivity index (χ3n) is 2.80. The molecular formula is C14H11F3N2O2. The van der Waals surface area contributed by atoms with Gasteiger partial charge in [-0.2, -0.15) is 13.2 Å². The van der Waals surface area contributed by atoms with Crippen LogP contribution in [0.2, 0.25) is 0 Å². The highest BCUT2D eigenvalue weighted by Gasteiger charge is 2.29. The Morgan fingerprint density at radius 3 is 2.10 bits per heavy atom. The standard InChI is InChI=1S/C14H11F3N2O2/c15-14(16,17)10-4-1-8(2-5-10)9-3-6-11(12(20)7-9)19-13(18)21/h1-7,20H,(H3,18,19,21). The van der Waals surface area contributed by atoms with Crippen molar-refractivity contribution in [3.63, 3.8) is 0 Å². The van der Waals surface area contributed by atoms with E-state index in [1.165, 1.54) is 24.3 Å². The number of hydrogen-bond donors (Lipinski definition) is 3. The first-order valence-electron chi connectivity index (χ1n) is 5.84. The second-order valence-corrected chi connectivity index (χ2v) is 4.30. The molecule has 21 heavy (non-hydrogen) atoms. The van der Waals surface area contributed by atoms with Crippen LogP contribution >= 0.6 is 0 Å². The number of anilines is 1. The van der Waals surface area contributed by atoms with Gasteiger partial charge in [0.2, 0.25) is 0 Å². The maximum Gasteiger partial charge on any atom is 0.416 e. The lowest BCUT2D eigenvalue weighted by molar-refractivity contribution is -0.137. The van der Waals surface area contributed by atoms with Gasteiger partial charge in [0.15, 0.2) is 0 Å². The summed E-state index contributed by atoms with van der Waals surface area (Å²) in [6.07, 6.45) is -4.39. The second kappa shape index (κ2) is 5.35. The molecule has 0 unspecified atom stereocenters. The molecule has 0 saturated heterocycles. The van der Waals surface area contributed by atoms with Gasteiger partial charge < -0.3 is 16.2 Å². The Hall–Kier alpha value is -2.70. The fourth-order valence-electron chi connectivity index (χ4n) is 1.80. The van der Waals surface area contributed by atoms with E-state index in [2.05, 4.69) is 5.32 Å². The number of rotatable bonds is 2. The average Bonchev–Trinajstić information content (AvgIpc) is 2.40. The number of nitrogens with one attached hydrogen (secondary N) is 1. The van der Waals surface area contributed by atoms with Crippen molar-refractivity contribution in [2.24, 2.45) is 5.73 Å². The van der Waals surface area contributed by atoms with E-state index in [-0.39, 0.29) is 11.4 Å². The van der Waals surface area contributed by atoms with Gasteiger partial charge in [-0.25, -0.2) is 4.79 Å². The number of carbonyl (C=O) groups is 1. The number of phenols is 1. The fraction of sp³-hybridized carbons (Fsp3) is 0.0714. The predicted octanol–water partition coefficient (Wildman–Crippen LogP) is 3.57. The number of halogens is 3. The number of urea groups is 1. The molecule has 0 aliphatic carbocycles. The molecule has 0 atom stereocenters. The summed E-state index contributed by atoms with van der Waals surface area (Å²) >= 11 is 0. The van der Waals surface area contributed by atoms with Gasteiger partial charge in [0.1, 0.15) is 5.75 Å². The quantitative estimate of drug-likeness (QED) is 0.741. The van der Waals surface area contributed by atoms with Gasteiger partial charge in [-0.1, -0.05) is 18.2 Å². The second-order valence-electron chi connectivity index (χ2n) is 4.30.